The van der Waals surface area contributed by atoms with Crippen molar-refractivity contribution in [2.24, 2.45) is 5.84 Å². The lowest BCUT2D eigenvalue weighted by molar-refractivity contribution is 0.328. The Bertz CT molecular complexity index is 593. The molecule has 1 fully saturated rings. The first-order valence-corrected chi connectivity index (χ1v) is 8.39. The molecule has 1 aliphatic rings. The van der Waals surface area contributed by atoms with Gasteiger partial charge in [-0.15, -0.1) is 0 Å². The van der Waals surface area contributed by atoms with Crippen molar-refractivity contribution in [3.8, 4) is 0 Å². The molecule has 1 aromatic rings. The van der Waals surface area contributed by atoms with E-state index in [0.29, 0.717) is 0 Å². The molecule has 2 rings (SSSR count). The maximum Gasteiger partial charge on any atom is 0.245 e. The van der Waals surface area contributed by atoms with Crippen LogP contribution in [0, 0.1) is 0 Å². The van der Waals surface area contributed by atoms with Gasteiger partial charge in [-0.25, -0.2) is 19.2 Å². The molecule has 0 amide bonds. The van der Waals surface area contributed by atoms with Crippen molar-refractivity contribution in [3.63, 3.8) is 0 Å². The van der Waals surface area contributed by atoms with Gasteiger partial charge in [-0.3, -0.25) is 0 Å². The number of halogens is 1. The highest BCUT2D eigenvalue weighted by atomic mass is 35.5. The average molecular weight is 319 g/mol. The zero-order chi connectivity index (χ0) is 14.9. The van der Waals surface area contributed by atoms with Crippen molar-refractivity contribution in [3.05, 3.63) is 17.3 Å². The highest BCUT2D eigenvalue weighted by Crippen LogP contribution is 2.33. The predicted octanol–water partition coefficient (Wildman–Crippen LogP) is 1.97. The molecule has 1 aromatic heterocycles. The Kier molecular flexibility index (Phi) is 4.53. The Hall–Kier alpha value is -0.890. The summed E-state index contributed by atoms with van der Waals surface area (Å²) < 4.78 is 27.1. The number of aromatic nitrogens is 1. The molecular formula is C12H19ClN4O2S. The van der Waals surface area contributed by atoms with E-state index in [1.165, 1.54) is 12.3 Å². The SMILES string of the molecule is CCC1CCC(C)N1S(=O)(=O)c1cnc(NN)c(Cl)c1. The van der Waals surface area contributed by atoms with Gasteiger partial charge in [0, 0.05) is 18.3 Å². The quantitative estimate of drug-likeness (QED) is 0.654. The number of nitrogens with two attached hydrogens (primary N) is 1. The molecule has 0 bridgehead atoms. The van der Waals surface area contributed by atoms with Gasteiger partial charge in [0.25, 0.3) is 0 Å². The number of rotatable bonds is 4. The van der Waals surface area contributed by atoms with Crippen LogP contribution >= 0.6 is 11.6 Å². The normalized spacial score (nSPS) is 24.0. The maximum atomic E-state index is 12.7. The molecule has 1 saturated heterocycles. The van der Waals surface area contributed by atoms with Crippen LogP contribution in [0.2, 0.25) is 5.02 Å². The van der Waals surface area contributed by atoms with E-state index in [1.807, 2.05) is 13.8 Å². The zero-order valence-electron chi connectivity index (χ0n) is 11.5. The summed E-state index contributed by atoms with van der Waals surface area (Å²) in [6.07, 6.45) is 3.85. The Morgan fingerprint density at radius 2 is 2.25 bits per heavy atom. The summed E-state index contributed by atoms with van der Waals surface area (Å²) in [4.78, 5) is 4.04. The Morgan fingerprint density at radius 3 is 2.80 bits per heavy atom. The molecule has 0 aromatic carbocycles. The lowest BCUT2D eigenvalue weighted by atomic mass is 10.2. The summed E-state index contributed by atoms with van der Waals surface area (Å²) in [5.74, 6) is 5.50. The van der Waals surface area contributed by atoms with E-state index >= 15 is 0 Å². The molecule has 2 heterocycles. The minimum atomic E-state index is -3.58. The van der Waals surface area contributed by atoms with Crippen LogP contribution in [0.4, 0.5) is 5.82 Å². The van der Waals surface area contributed by atoms with Crippen molar-refractivity contribution >= 4 is 27.4 Å². The van der Waals surface area contributed by atoms with E-state index in [2.05, 4.69) is 10.4 Å². The first kappa shape index (κ1) is 15.5. The van der Waals surface area contributed by atoms with Gasteiger partial charge in [0.05, 0.1) is 5.02 Å². The van der Waals surface area contributed by atoms with Crippen molar-refractivity contribution in [2.75, 3.05) is 5.43 Å². The summed E-state index contributed by atoms with van der Waals surface area (Å²) in [6, 6.07) is 1.42. The van der Waals surface area contributed by atoms with Crippen LogP contribution in [0.15, 0.2) is 17.2 Å². The van der Waals surface area contributed by atoms with Gasteiger partial charge in [0.2, 0.25) is 10.0 Å². The van der Waals surface area contributed by atoms with Gasteiger partial charge in [0.1, 0.15) is 4.90 Å². The lowest BCUT2D eigenvalue weighted by Gasteiger charge is -2.27. The highest BCUT2D eigenvalue weighted by molar-refractivity contribution is 7.89. The Morgan fingerprint density at radius 1 is 1.55 bits per heavy atom. The highest BCUT2D eigenvalue weighted by Gasteiger charge is 2.39. The van der Waals surface area contributed by atoms with Crippen LogP contribution < -0.4 is 11.3 Å². The van der Waals surface area contributed by atoms with Gasteiger partial charge < -0.3 is 5.43 Å². The molecule has 2 atom stereocenters. The van der Waals surface area contributed by atoms with Gasteiger partial charge in [-0.05, 0) is 32.3 Å². The minimum absolute atomic E-state index is 0.00367. The number of hydrogen-bond donors (Lipinski definition) is 2. The summed E-state index contributed by atoms with van der Waals surface area (Å²) in [7, 11) is -3.58. The van der Waals surface area contributed by atoms with E-state index in [1.54, 1.807) is 4.31 Å². The number of nitrogens with zero attached hydrogens (tertiary/aromatic N) is 2. The molecule has 0 aliphatic carbocycles. The molecule has 1 aliphatic heterocycles. The van der Waals surface area contributed by atoms with Crippen molar-refractivity contribution in [1.82, 2.24) is 9.29 Å². The number of nitrogen functional groups attached to an aromatic ring is 1. The van der Waals surface area contributed by atoms with Crippen molar-refractivity contribution in [2.45, 2.75) is 50.1 Å². The summed E-state index contributed by atoms with van der Waals surface area (Å²) >= 11 is 5.96. The van der Waals surface area contributed by atoms with E-state index in [0.717, 1.165) is 19.3 Å². The minimum Gasteiger partial charge on any atom is -0.307 e. The molecule has 20 heavy (non-hydrogen) atoms. The van der Waals surface area contributed by atoms with E-state index < -0.39 is 10.0 Å². The number of nitrogens with one attached hydrogen (secondary N) is 1. The molecule has 0 spiro atoms. The average Bonchev–Trinajstić information content (AvgIpc) is 2.80. The Balaban J connectivity index is 2.42. The van der Waals surface area contributed by atoms with Crippen LogP contribution in [0.5, 0.6) is 0 Å². The monoisotopic (exact) mass is 318 g/mol. The largest absolute Gasteiger partial charge is 0.307 e. The first-order valence-electron chi connectivity index (χ1n) is 6.57. The molecule has 8 heteroatoms. The molecule has 6 nitrogen and oxygen atoms in total. The van der Waals surface area contributed by atoms with Crippen LogP contribution in [-0.2, 0) is 10.0 Å². The second-order valence-corrected chi connectivity index (χ2v) is 7.22. The third-order valence-corrected chi connectivity index (χ3v) is 6.03. The fourth-order valence-electron chi connectivity index (χ4n) is 2.65. The second-order valence-electron chi connectivity index (χ2n) is 4.97. The van der Waals surface area contributed by atoms with E-state index in [9.17, 15) is 8.42 Å². The van der Waals surface area contributed by atoms with Crippen LogP contribution in [0.1, 0.15) is 33.1 Å². The fraction of sp³-hybridized carbons (Fsp3) is 0.583. The standard InChI is InChI=1S/C12H19ClN4O2S/c1-3-9-5-4-8(2)17(9)20(18,19)10-6-11(13)12(16-14)15-7-10/h6-9H,3-5,14H2,1-2H3,(H,15,16). The first-order chi connectivity index (χ1) is 9.41. The summed E-state index contributed by atoms with van der Waals surface area (Å²) in [6.45, 7) is 3.93. The summed E-state index contributed by atoms with van der Waals surface area (Å²) in [5, 5.41) is 0.188. The molecular weight excluding hydrogens is 300 g/mol. The van der Waals surface area contributed by atoms with Gasteiger partial charge in [-0.2, -0.15) is 4.31 Å². The lowest BCUT2D eigenvalue weighted by Crippen LogP contribution is -2.39. The van der Waals surface area contributed by atoms with Gasteiger partial charge in [0.15, 0.2) is 5.82 Å². The molecule has 112 valence electrons. The number of hydrogen-bond acceptors (Lipinski definition) is 5. The van der Waals surface area contributed by atoms with Crippen LogP contribution in [0.25, 0.3) is 0 Å². The fourth-order valence-corrected chi connectivity index (χ4v) is 4.86. The van der Waals surface area contributed by atoms with Gasteiger partial charge in [-0.1, -0.05) is 18.5 Å². The van der Waals surface area contributed by atoms with Crippen molar-refractivity contribution < 1.29 is 8.42 Å². The maximum absolute atomic E-state index is 12.7. The van der Waals surface area contributed by atoms with Crippen molar-refractivity contribution in [1.29, 1.82) is 0 Å². The smallest absolute Gasteiger partial charge is 0.245 e. The van der Waals surface area contributed by atoms with E-state index in [-0.39, 0.29) is 27.8 Å². The third kappa shape index (κ3) is 2.63. The number of pyridine rings is 1. The predicted molar refractivity (Wildman–Crippen MR) is 78.9 cm³/mol. The third-order valence-electron chi connectivity index (χ3n) is 3.71. The van der Waals surface area contributed by atoms with Crippen LogP contribution in [0.3, 0.4) is 0 Å². The van der Waals surface area contributed by atoms with E-state index in [4.69, 9.17) is 17.4 Å². The number of hydrazine groups is 1. The topological polar surface area (TPSA) is 88.3 Å². The summed E-state index contributed by atoms with van der Waals surface area (Å²) in [5.41, 5.74) is 2.32. The molecule has 0 saturated carbocycles. The molecule has 0 radical (unpaired) electrons. The Labute approximate surface area is 124 Å². The number of sulfonamides is 1. The molecule has 2 unspecified atom stereocenters. The zero-order valence-corrected chi connectivity index (χ0v) is 13.1. The second kappa shape index (κ2) is 5.85. The number of anilines is 1. The molecule has 3 N–H and O–H groups in total. The van der Waals surface area contributed by atoms with Crippen LogP contribution in [-0.4, -0.2) is 29.8 Å². The van der Waals surface area contributed by atoms with Gasteiger partial charge >= 0.3 is 0 Å².